The lowest BCUT2D eigenvalue weighted by Gasteiger charge is -2.22. The van der Waals surface area contributed by atoms with Crippen molar-refractivity contribution in [2.45, 2.75) is 17.0 Å². The van der Waals surface area contributed by atoms with Gasteiger partial charge in [0.1, 0.15) is 10.7 Å². The molecule has 1 rings (SSSR count). The second-order valence-corrected chi connectivity index (χ2v) is 5.96. The van der Waals surface area contributed by atoms with Crippen LogP contribution in [0.2, 0.25) is 0 Å². The van der Waals surface area contributed by atoms with Crippen LogP contribution in [0.15, 0.2) is 17.0 Å². The first-order valence-electron chi connectivity index (χ1n) is 4.91. The van der Waals surface area contributed by atoms with Gasteiger partial charge in [-0.1, -0.05) is 0 Å². The monoisotopic (exact) mass is 336 g/mol. The van der Waals surface area contributed by atoms with Gasteiger partial charge >= 0.3 is 18.1 Å². The van der Waals surface area contributed by atoms with Crippen LogP contribution in [0.3, 0.4) is 0 Å². The summed E-state index contributed by atoms with van der Waals surface area (Å²) in [5.74, 6) is -9.81. The maximum absolute atomic E-state index is 13.4. The summed E-state index contributed by atoms with van der Waals surface area (Å²) in [6.07, 6.45) is -5.73. The van der Waals surface area contributed by atoms with Gasteiger partial charge in [0, 0.05) is 11.8 Å². The average Bonchev–Trinajstić information content (AvgIpc) is 2.24. The third-order valence-electron chi connectivity index (χ3n) is 2.40. The Morgan fingerprint density at radius 3 is 1.95 bits per heavy atom. The molecule has 0 spiro atoms. The van der Waals surface area contributed by atoms with E-state index in [1.165, 1.54) is 0 Å². The zero-order chi connectivity index (χ0) is 16.8. The van der Waals surface area contributed by atoms with Gasteiger partial charge in [-0.3, -0.25) is 0 Å². The van der Waals surface area contributed by atoms with Crippen molar-refractivity contribution in [1.29, 1.82) is 0 Å². The fourth-order valence-electron chi connectivity index (χ4n) is 1.43. The summed E-state index contributed by atoms with van der Waals surface area (Å²) in [6.45, 7) is 0. The fraction of sp³-hybridized carbons (Fsp3) is 0.300. The summed E-state index contributed by atoms with van der Waals surface area (Å²) in [7, 11) is -4.35. The minimum Gasteiger partial charge on any atom is -0.478 e. The molecule has 0 saturated heterocycles. The molecule has 0 heterocycles. The first-order chi connectivity index (χ1) is 9.19. The SMILES string of the molecule is CS(=O)(=O)c1cc(C(=O)O)c(C(F)(F)C(F)(F)F)cc1F. The molecule has 0 unspecified atom stereocenters. The van der Waals surface area contributed by atoms with Crippen molar-refractivity contribution >= 4 is 15.8 Å². The zero-order valence-corrected chi connectivity index (χ0v) is 10.8. The molecule has 0 aliphatic heterocycles. The molecule has 0 aliphatic rings. The minimum absolute atomic E-state index is 0.0675. The Balaban J connectivity index is 3.79. The number of benzene rings is 1. The summed E-state index contributed by atoms with van der Waals surface area (Å²) < 4.78 is 98.8. The van der Waals surface area contributed by atoms with Crippen molar-refractivity contribution in [3.63, 3.8) is 0 Å². The highest BCUT2D eigenvalue weighted by molar-refractivity contribution is 7.90. The lowest BCUT2D eigenvalue weighted by atomic mass is 10.0. The Hall–Kier alpha value is -1.78. The van der Waals surface area contributed by atoms with Crippen LogP contribution in [-0.2, 0) is 15.8 Å². The Morgan fingerprint density at radius 1 is 1.14 bits per heavy atom. The van der Waals surface area contributed by atoms with Gasteiger partial charge in [-0.05, 0) is 12.1 Å². The van der Waals surface area contributed by atoms with E-state index in [1.807, 2.05) is 0 Å². The predicted octanol–water partition coefficient (Wildman–Crippen LogP) is 2.58. The number of sulfone groups is 1. The summed E-state index contributed by atoms with van der Waals surface area (Å²) in [6, 6.07) is -0.505. The number of hydrogen-bond acceptors (Lipinski definition) is 3. The smallest absolute Gasteiger partial charge is 0.458 e. The highest BCUT2D eigenvalue weighted by Gasteiger charge is 2.60. The number of rotatable bonds is 3. The maximum Gasteiger partial charge on any atom is 0.458 e. The molecule has 0 fully saturated rings. The van der Waals surface area contributed by atoms with E-state index in [4.69, 9.17) is 5.11 Å². The van der Waals surface area contributed by atoms with E-state index in [-0.39, 0.29) is 6.07 Å². The molecule has 0 atom stereocenters. The van der Waals surface area contributed by atoms with Crippen LogP contribution in [0.5, 0.6) is 0 Å². The van der Waals surface area contributed by atoms with Gasteiger partial charge in [0.05, 0.1) is 5.56 Å². The lowest BCUT2D eigenvalue weighted by molar-refractivity contribution is -0.289. The second kappa shape index (κ2) is 4.90. The van der Waals surface area contributed by atoms with Gasteiger partial charge < -0.3 is 5.11 Å². The van der Waals surface area contributed by atoms with Crippen LogP contribution >= 0.6 is 0 Å². The summed E-state index contributed by atoms with van der Waals surface area (Å²) in [5.41, 5.74) is -3.83. The topological polar surface area (TPSA) is 71.4 Å². The van der Waals surface area contributed by atoms with E-state index in [9.17, 15) is 39.6 Å². The van der Waals surface area contributed by atoms with E-state index in [1.54, 1.807) is 0 Å². The molecule has 11 heteroatoms. The molecule has 0 aliphatic carbocycles. The van der Waals surface area contributed by atoms with E-state index < -0.39 is 55.8 Å². The zero-order valence-electron chi connectivity index (χ0n) is 10.0. The van der Waals surface area contributed by atoms with Gasteiger partial charge in [0.2, 0.25) is 0 Å². The lowest BCUT2D eigenvalue weighted by Crippen LogP contribution is -2.35. The average molecular weight is 336 g/mol. The van der Waals surface area contributed by atoms with Crippen LogP contribution in [-0.4, -0.2) is 31.9 Å². The Kier molecular flexibility index (Phi) is 4.03. The molecule has 4 nitrogen and oxygen atoms in total. The van der Waals surface area contributed by atoms with Gasteiger partial charge in [-0.25, -0.2) is 17.6 Å². The number of carbonyl (C=O) groups is 1. The summed E-state index contributed by atoms with van der Waals surface area (Å²) in [4.78, 5) is 9.48. The Morgan fingerprint density at radius 2 is 1.62 bits per heavy atom. The highest BCUT2D eigenvalue weighted by Crippen LogP contribution is 2.45. The largest absolute Gasteiger partial charge is 0.478 e. The molecule has 0 amide bonds. The highest BCUT2D eigenvalue weighted by atomic mass is 32.2. The van der Waals surface area contributed by atoms with E-state index in [2.05, 4.69) is 0 Å². The quantitative estimate of drug-likeness (QED) is 0.861. The molecule has 1 aromatic carbocycles. The van der Waals surface area contributed by atoms with E-state index in [0.29, 0.717) is 6.26 Å². The number of alkyl halides is 5. The van der Waals surface area contributed by atoms with Gasteiger partial charge in [0.15, 0.2) is 9.84 Å². The molecule has 0 bridgehead atoms. The molecule has 0 saturated carbocycles. The van der Waals surface area contributed by atoms with Crippen molar-refractivity contribution in [2.75, 3.05) is 6.26 Å². The third-order valence-corrected chi connectivity index (χ3v) is 3.51. The Bertz CT molecular complexity index is 692. The van der Waals surface area contributed by atoms with Crippen molar-refractivity contribution in [1.82, 2.24) is 0 Å². The van der Waals surface area contributed by atoms with Crippen molar-refractivity contribution in [3.8, 4) is 0 Å². The predicted molar refractivity (Wildman–Crippen MR) is 56.4 cm³/mol. The van der Waals surface area contributed by atoms with Crippen LogP contribution in [0.1, 0.15) is 15.9 Å². The standard InChI is InChI=1S/C10H6F6O4S/c1-21(19,20)7-2-4(8(17)18)5(3-6(7)11)9(12,13)10(14,15)16/h2-3H,1H3,(H,17,18). The third kappa shape index (κ3) is 3.12. The maximum atomic E-state index is 13.4. The van der Waals surface area contributed by atoms with Gasteiger partial charge in [0.25, 0.3) is 0 Å². The molecule has 0 radical (unpaired) electrons. The number of carboxylic acid groups (broad SMARTS) is 1. The van der Waals surface area contributed by atoms with Crippen LogP contribution < -0.4 is 0 Å². The molecule has 0 aromatic heterocycles. The fourth-order valence-corrected chi connectivity index (χ4v) is 2.17. The summed E-state index contributed by atoms with van der Waals surface area (Å²) >= 11 is 0. The van der Waals surface area contributed by atoms with Crippen LogP contribution in [0.4, 0.5) is 26.3 Å². The van der Waals surface area contributed by atoms with Gasteiger partial charge in [-0.15, -0.1) is 0 Å². The molecular formula is C10H6F6O4S. The molecule has 1 aromatic rings. The van der Waals surface area contributed by atoms with Crippen LogP contribution in [0, 0.1) is 5.82 Å². The number of carboxylic acids is 1. The molecule has 1 N–H and O–H groups in total. The number of halogens is 6. The first-order valence-corrected chi connectivity index (χ1v) is 6.80. The molecule has 21 heavy (non-hydrogen) atoms. The van der Waals surface area contributed by atoms with Gasteiger partial charge in [-0.2, -0.15) is 22.0 Å². The van der Waals surface area contributed by atoms with E-state index in [0.717, 1.165) is 0 Å². The van der Waals surface area contributed by atoms with Crippen molar-refractivity contribution < 1.29 is 44.7 Å². The van der Waals surface area contributed by atoms with E-state index >= 15 is 0 Å². The first kappa shape index (κ1) is 17.3. The second-order valence-electron chi connectivity index (χ2n) is 3.98. The molecular weight excluding hydrogens is 330 g/mol. The number of aromatic carboxylic acids is 1. The number of hydrogen-bond donors (Lipinski definition) is 1. The molecule has 118 valence electrons. The normalized spacial score (nSPS) is 13.3. The summed E-state index contributed by atoms with van der Waals surface area (Å²) in [5, 5.41) is 8.66. The van der Waals surface area contributed by atoms with Crippen LogP contribution in [0.25, 0.3) is 0 Å². The minimum atomic E-state index is -6.17. The van der Waals surface area contributed by atoms with Crippen molar-refractivity contribution in [3.05, 3.63) is 29.1 Å². The Labute approximate surface area is 113 Å². The van der Waals surface area contributed by atoms with Crippen molar-refractivity contribution in [2.24, 2.45) is 0 Å².